The number of amides is 1. The third-order valence-corrected chi connectivity index (χ3v) is 5.81. The molecule has 2 heterocycles. The highest BCUT2D eigenvalue weighted by Crippen LogP contribution is 2.32. The van der Waals surface area contributed by atoms with E-state index in [0.29, 0.717) is 16.6 Å². The number of likely N-dealkylation sites (tertiary alicyclic amines) is 1. The molecule has 2 aliphatic rings. The molecule has 0 saturated carbocycles. The van der Waals surface area contributed by atoms with Gasteiger partial charge in [-0.15, -0.1) is 0 Å². The molecule has 0 aliphatic carbocycles. The van der Waals surface area contributed by atoms with Gasteiger partial charge >= 0.3 is 0 Å². The van der Waals surface area contributed by atoms with Gasteiger partial charge < -0.3 is 20.1 Å². The minimum atomic E-state index is 0.0185. The molecule has 5 nitrogen and oxygen atoms in total. The van der Waals surface area contributed by atoms with Crippen LogP contribution >= 0.6 is 11.6 Å². The molecule has 3 rings (SSSR count). The Morgan fingerprint density at radius 1 is 1.36 bits per heavy atom. The van der Waals surface area contributed by atoms with Gasteiger partial charge in [0.1, 0.15) is 0 Å². The molecule has 1 aromatic rings. The van der Waals surface area contributed by atoms with E-state index in [0.717, 1.165) is 58.5 Å². The predicted molar refractivity (Wildman–Crippen MR) is 98.0 cm³/mol. The molecule has 2 fully saturated rings. The SMILES string of the molecule is O=C(c1ccccc1Cl)N1CCC(NCC2(CCO)CCOC2)CC1. The maximum absolute atomic E-state index is 12.6. The number of nitrogens with zero attached hydrogens (tertiary/aromatic N) is 1. The fourth-order valence-electron chi connectivity index (χ4n) is 3.76. The first-order chi connectivity index (χ1) is 12.1. The summed E-state index contributed by atoms with van der Waals surface area (Å²) in [6, 6.07) is 7.63. The van der Waals surface area contributed by atoms with E-state index in [2.05, 4.69) is 5.32 Å². The lowest BCUT2D eigenvalue weighted by atomic mass is 9.83. The van der Waals surface area contributed by atoms with Crippen LogP contribution in [0.15, 0.2) is 24.3 Å². The smallest absolute Gasteiger partial charge is 0.255 e. The number of ether oxygens (including phenoxy) is 1. The minimum absolute atomic E-state index is 0.0185. The molecule has 2 N–H and O–H groups in total. The van der Waals surface area contributed by atoms with Crippen LogP contribution in [0.25, 0.3) is 0 Å². The highest BCUT2D eigenvalue weighted by atomic mass is 35.5. The third-order valence-electron chi connectivity index (χ3n) is 5.48. The number of rotatable bonds is 6. The third kappa shape index (κ3) is 4.53. The molecule has 0 radical (unpaired) electrons. The van der Waals surface area contributed by atoms with Gasteiger partial charge in [-0.3, -0.25) is 4.79 Å². The summed E-state index contributed by atoms with van der Waals surface area (Å²) in [5, 5.41) is 13.5. The fourth-order valence-corrected chi connectivity index (χ4v) is 3.98. The molecule has 1 aromatic carbocycles. The van der Waals surface area contributed by atoms with E-state index >= 15 is 0 Å². The van der Waals surface area contributed by atoms with E-state index in [9.17, 15) is 9.90 Å². The second-order valence-corrected chi connectivity index (χ2v) is 7.61. The number of aliphatic hydroxyl groups excluding tert-OH is 1. The first-order valence-electron chi connectivity index (χ1n) is 9.09. The second-order valence-electron chi connectivity index (χ2n) is 7.20. The van der Waals surface area contributed by atoms with Crippen molar-refractivity contribution >= 4 is 17.5 Å². The van der Waals surface area contributed by atoms with Crippen LogP contribution in [0.1, 0.15) is 36.0 Å². The molecule has 0 bridgehead atoms. The minimum Gasteiger partial charge on any atom is -0.396 e. The summed E-state index contributed by atoms with van der Waals surface area (Å²) in [4.78, 5) is 14.5. The molecule has 0 spiro atoms. The van der Waals surface area contributed by atoms with E-state index < -0.39 is 0 Å². The summed E-state index contributed by atoms with van der Waals surface area (Å²) in [6.07, 6.45) is 3.66. The Morgan fingerprint density at radius 2 is 2.12 bits per heavy atom. The lowest BCUT2D eigenvalue weighted by Crippen LogP contribution is -2.48. The van der Waals surface area contributed by atoms with Crippen LogP contribution in [0.3, 0.4) is 0 Å². The van der Waals surface area contributed by atoms with Crippen molar-refractivity contribution in [1.29, 1.82) is 0 Å². The number of carbonyl (C=O) groups is 1. The normalized spacial score (nSPS) is 24.6. The summed E-state index contributed by atoms with van der Waals surface area (Å²) >= 11 is 6.14. The Morgan fingerprint density at radius 3 is 2.76 bits per heavy atom. The van der Waals surface area contributed by atoms with Crippen LogP contribution in [0.2, 0.25) is 5.02 Å². The van der Waals surface area contributed by atoms with E-state index in [1.165, 1.54) is 0 Å². The number of halogens is 1. The second kappa shape index (κ2) is 8.49. The molecule has 25 heavy (non-hydrogen) atoms. The summed E-state index contributed by atoms with van der Waals surface area (Å²) in [5.74, 6) is 0.0185. The number of piperidine rings is 1. The van der Waals surface area contributed by atoms with Crippen LogP contribution in [0.4, 0.5) is 0 Å². The van der Waals surface area contributed by atoms with Gasteiger partial charge in [0.2, 0.25) is 0 Å². The van der Waals surface area contributed by atoms with E-state index in [1.807, 2.05) is 17.0 Å². The number of carbonyl (C=O) groups excluding carboxylic acids is 1. The van der Waals surface area contributed by atoms with Gasteiger partial charge in [-0.05, 0) is 37.8 Å². The molecular formula is C19H27ClN2O3. The molecule has 2 saturated heterocycles. The fraction of sp³-hybridized carbons (Fsp3) is 0.632. The van der Waals surface area contributed by atoms with Crippen LogP contribution < -0.4 is 5.32 Å². The number of benzene rings is 1. The Labute approximate surface area is 154 Å². The molecule has 6 heteroatoms. The monoisotopic (exact) mass is 366 g/mol. The maximum atomic E-state index is 12.6. The standard InChI is InChI=1S/C19H27ClN2O3/c20-17-4-2-1-3-16(17)18(24)22-9-5-15(6-10-22)21-13-19(7-11-23)8-12-25-14-19/h1-4,15,21,23H,5-14H2. The number of hydrogen-bond acceptors (Lipinski definition) is 4. The molecular weight excluding hydrogens is 340 g/mol. The lowest BCUT2D eigenvalue weighted by molar-refractivity contribution is 0.0694. The number of hydrogen-bond donors (Lipinski definition) is 2. The quantitative estimate of drug-likeness (QED) is 0.811. The van der Waals surface area contributed by atoms with Gasteiger partial charge in [-0.2, -0.15) is 0 Å². The Hall–Kier alpha value is -1.14. The predicted octanol–water partition coefficient (Wildman–Crippen LogP) is 2.32. The van der Waals surface area contributed by atoms with Crippen molar-refractivity contribution in [2.24, 2.45) is 5.41 Å². The molecule has 1 unspecified atom stereocenters. The maximum Gasteiger partial charge on any atom is 0.255 e. The Kier molecular flexibility index (Phi) is 6.34. The van der Waals surface area contributed by atoms with E-state index in [-0.39, 0.29) is 17.9 Å². The topological polar surface area (TPSA) is 61.8 Å². The highest BCUT2D eigenvalue weighted by molar-refractivity contribution is 6.33. The van der Waals surface area contributed by atoms with Gasteiger partial charge in [-0.25, -0.2) is 0 Å². The van der Waals surface area contributed by atoms with Gasteiger partial charge in [0, 0.05) is 44.3 Å². The number of nitrogens with one attached hydrogen (secondary N) is 1. The summed E-state index contributed by atoms with van der Waals surface area (Å²) in [6.45, 7) is 4.07. The Balaban J connectivity index is 1.49. The lowest BCUT2D eigenvalue weighted by Gasteiger charge is -2.35. The van der Waals surface area contributed by atoms with Crippen molar-refractivity contribution in [3.8, 4) is 0 Å². The number of aliphatic hydroxyl groups is 1. The van der Waals surface area contributed by atoms with Gasteiger partial charge in [0.05, 0.1) is 17.2 Å². The molecule has 0 aromatic heterocycles. The average molecular weight is 367 g/mol. The van der Waals surface area contributed by atoms with E-state index in [4.69, 9.17) is 16.3 Å². The summed E-state index contributed by atoms with van der Waals surface area (Å²) in [7, 11) is 0. The zero-order valence-corrected chi connectivity index (χ0v) is 15.3. The van der Waals surface area contributed by atoms with Crippen molar-refractivity contribution in [1.82, 2.24) is 10.2 Å². The van der Waals surface area contributed by atoms with Crippen LogP contribution in [-0.2, 0) is 4.74 Å². The van der Waals surface area contributed by atoms with Gasteiger partial charge in [-0.1, -0.05) is 23.7 Å². The molecule has 1 amide bonds. The van der Waals surface area contributed by atoms with Crippen molar-refractivity contribution in [3.05, 3.63) is 34.9 Å². The van der Waals surface area contributed by atoms with Crippen molar-refractivity contribution in [2.45, 2.75) is 31.7 Å². The van der Waals surface area contributed by atoms with Crippen molar-refractivity contribution in [3.63, 3.8) is 0 Å². The van der Waals surface area contributed by atoms with Crippen LogP contribution in [0, 0.1) is 5.41 Å². The van der Waals surface area contributed by atoms with E-state index in [1.54, 1.807) is 12.1 Å². The largest absolute Gasteiger partial charge is 0.396 e. The summed E-state index contributed by atoms with van der Waals surface area (Å²) < 4.78 is 5.55. The highest BCUT2D eigenvalue weighted by Gasteiger charge is 2.35. The van der Waals surface area contributed by atoms with Crippen molar-refractivity contribution < 1.29 is 14.6 Å². The molecule has 2 aliphatic heterocycles. The molecule has 1 atom stereocenters. The first kappa shape index (κ1) is 18.6. The zero-order chi connectivity index (χ0) is 17.7. The van der Waals surface area contributed by atoms with Crippen molar-refractivity contribution in [2.75, 3.05) is 39.5 Å². The molecule has 138 valence electrons. The van der Waals surface area contributed by atoms with Gasteiger partial charge in [0.25, 0.3) is 5.91 Å². The van der Waals surface area contributed by atoms with Gasteiger partial charge in [0.15, 0.2) is 0 Å². The van der Waals surface area contributed by atoms with Crippen LogP contribution in [0.5, 0.6) is 0 Å². The van der Waals surface area contributed by atoms with Crippen LogP contribution in [-0.4, -0.2) is 61.4 Å². The zero-order valence-electron chi connectivity index (χ0n) is 14.5. The Bertz CT molecular complexity index is 582. The average Bonchev–Trinajstić information content (AvgIpc) is 3.09. The summed E-state index contributed by atoms with van der Waals surface area (Å²) in [5.41, 5.74) is 0.653. The first-order valence-corrected chi connectivity index (χ1v) is 9.47.